The van der Waals surface area contributed by atoms with Crippen molar-refractivity contribution in [2.24, 2.45) is 5.92 Å². The van der Waals surface area contributed by atoms with E-state index in [1.807, 2.05) is 0 Å². The number of esters is 1. The molecule has 300 valence electrons. The van der Waals surface area contributed by atoms with Gasteiger partial charge in [0.15, 0.2) is 5.82 Å². The lowest BCUT2D eigenvalue weighted by molar-refractivity contribution is -0.146. The quantitative estimate of drug-likeness (QED) is 0.106. The first-order valence-corrected chi connectivity index (χ1v) is 19.9. The maximum atomic E-state index is 15.9. The fraction of sp³-hybridized carbons (Fsp3) is 0.472. The lowest BCUT2D eigenvalue weighted by atomic mass is 10.0. The second-order valence-corrected chi connectivity index (χ2v) is 18.0. The van der Waals surface area contributed by atoms with E-state index < -0.39 is 89.8 Å². The Labute approximate surface area is 326 Å². The first kappa shape index (κ1) is 43.7. The van der Waals surface area contributed by atoms with Gasteiger partial charge in [-0.1, -0.05) is 48.9 Å². The number of nitrogens with one attached hydrogen (secondary N) is 1. The van der Waals surface area contributed by atoms with Gasteiger partial charge in [0.05, 0.1) is 11.6 Å². The number of amides is 2. The first-order valence-electron chi connectivity index (χ1n) is 17.1. The van der Waals surface area contributed by atoms with Crippen LogP contribution in [0, 0.1) is 11.7 Å². The number of carbonyl (C=O) groups excluding carboxylic acids is 3. The number of aromatic nitrogens is 2. The first-order chi connectivity index (χ1) is 25.6. The van der Waals surface area contributed by atoms with Gasteiger partial charge in [-0.05, 0) is 72.2 Å². The van der Waals surface area contributed by atoms with Gasteiger partial charge in [0.2, 0.25) is 0 Å². The van der Waals surface area contributed by atoms with Crippen LogP contribution in [0.4, 0.5) is 24.2 Å². The smallest absolute Gasteiger partial charge is 0.459 e. The monoisotopic (exact) mass is 828 g/mol. The number of hydrogen-bond acceptors (Lipinski definition) is 12. The number of thioether (sulfide) groups is 1. The second-order valence-electron chi connectivity index (χ2n) is 14.5. The SMILES string of the molecule is C[C@H]1[C@H](F)[C@H](n2ccc(N(C(=O)OC(C)(C)C)C(=O)OC(C)(C)C)nc2=O)S[C@@H]1COP(=O)(N[C@@H](C)C(=O)OCc1ccccc1)Oc1ccc(Cl)c(F)c1. The molecule has 0 radical (unpaired) electrons. The molecule has 1 N–H and O–H groups in total. The summed E-state index contributed by atoms with van der Waals surface area (Å²) in [5.74, 6) is -3.10. The van der Waals surface area contributed by atoms with E-state index in [1.165, 1.54) is 31.3 Å². The van der Waals surface area contributed by atoms with Gasteiger partial charge >= 0.3 is 31.6 Å². The zero-order valence-electron chi connectivity index (χ0n) is 31.5. The minimum Gasteiger partial charge on any atom is -0.460 e. The Kier molecular flexibility index (Phi) is 14.2. The van der Waals surface area contributed by atoms with Crippen molar-refractivity contribution in [2.75, 3.05) is 11.5 Å². The summed E-state index contributed by atoms with van der Waals surface area (Å²) in [5.41, 5.74) is -2.31. The van der Waals surface area contributed by atoms with Crippen LogP contribution in [0.3, 0.4) is 0 Å². The van der Waals surface area contributed by atoms with Crippen molar-refractivity contribution in [2.45, 2.75) is 96.0 Å². The molecule has 55 heavy (non-hydrogen) atoms. The molecular formula is C36H44ClF2N4O10PS. The van der Waals surface area contributed by atoms with Crippen LogP contribution in [0.1, 0.15) is 66.3 Å². The molecule has 1 saturated heterocycles. The number of ether oxygens (including phenoxy) is 3. The van der Waals surface area contributed by atoms with Crippen LogP contribution < -0.4 is 20.2 Å². The third kappa shape index (κ3) is 12.2. The van der Waals surface area contributed by atoms with Crippen LogP contribution in [0.5, 0.6) is 5.75 Å². The number of rotatable bonds is 12. The maximum absolute atomic E-state index is 15.9. The van der Waals surface area contributed by atoms with Crippen LogP contribution in [-0.2, 0) is 34.7 Å². The Morgan fingerprint density at radius 2 is 1.65 bits per heavy atom. The maximum Gasteiger partial charge on any atom is 0.459 e. The number of anilines is 1. The van der Waals surface area contributed by atoms with Gasteiger partial charge in [-0.2, -0.15) is 15.0 Å². The fourth-order valence-electron chi connectivity index (χ4n) is 4.93. The largest absolute Gasteiger partial charge is 0.460 e. The molecule has 2 amide bonds. The van der Waals surface area contributed by atoms with Crippen LogP contribution >= 0.6 is 31.1 Å². The van der Waals surface area contributed by atoms with Crippen molar-refractivity contribution < 1.29 is 51.0 Å². The summed E-state index contributed by atoms with van der Waals surface area (Å²) >= 11 is 6.77. The van der Waals surface area contributed by atoms with Crippen LogP contribution in [0.2, 0.25) is 5.02 Å². The summed E-state index contributed by atoms with van der Waals surface area (Å²) in [6, 6.07) is 12.1. The summed E-state index contributed by atoms with van der Waals surface area (Å²) in [4.78, 5) is 56.7. The van der Waals surface area contributed by atoms with E-state index in [1.54, 1.807) is 78.8 Å². The third-order valence-electron chi connectivity index (χ3n) is 7.60. The van der Waals surface area contributed by atoms with Crippen molar-refractivity contribution in [1.29, 1.82) is 0 Å². The van der Waals surface area contributed by atoms with E-state index in [4.69, 9.17) is 34.9 Å². The molecule has 1 unspecified atom stereocenters. The number of alkyl halides is 1. The van der Waals surface area contributed by atoms with Crippen LogP contribution in [0.25, 0.3) is 0 Å². The summed E-state index contributed by atoms with van der Waals surface area (Å²) < 4.78 is 72.7. The fourth-order valence-corrected chi connectivity index (χ4v) is 8.25. The molecule has 0 bridgehead atoms. The van der Waals surface area contributed by atoms with E-state index in [9.17, 15) is 28.1 Å². The standard InChI is InChI=1S/C36H44ClF2N4O10PS/c1-21-27(20-50-54(48,53-24-14-15-25(37)26(38)18-24)41-22(2)31(44)49-19-23-12-10-9-11-13-23)55-30(29(21)39)42-17-16-28(40-32(42)45)43(33(46)51-35(3,4)5)34(47)52-36(6,7)8/h9-18,21-22,27,29-30H,19-20H2,1-8H3,(H,41,48)/t21-,22+,27-,29+,30-,54?/m1/s1. The lowest BCUT2D eigenvalue weighted by Crippen LogP contribution is -2.45. The molecule has 6 atom stereocenters. The molecule has 1 aromatic heterocycles. The average Bonchev–Trinajstić information content (AvgIpc) is 3.35. The summed E-state index contributed by atoms with van der Waals surface area (Å²) in [6.45, 7) is 12.0. The number of nitrogens with zero attached hydrogens (tertiary/aromatic N) is 3. The minimum absolute atomic E-state index is 0.0646. The van der Waals surface area contributed by atoms with Crippen molar-refractivity contribution in [3.63, 3.8) is 0 Å². The van der Waals surface area contributed by atoms with Crippen molar-refractivity contribution >= 4 is 55.1 Å². The highest BCUT2D eigenvalue weighted by Gasteiger charge is 2.45. The Bertz CT molecular complexity index is 1930. The van der Waals surface area contributed by atoms with Gasteiger partial charge in [-0.15, -0.1) is 11.8 Å². The number of halogens is 3. The van der Waals surface area contributed by atoms with E-state index >= 15 is 4.39 Å². The zero-order valence-corrected chi connectivity index (χ0v) is 34.0. The molecule has 0 saturated carbocycles. The van der Waals surface area contributed by atoms with Gasteiger partial charge in [-0.3, -0.25) is 13.9 Å². The highest BCUT2D eigenvalue weighted by atomic mass is 35.5. The Balaban J connectivity index is 1.53. The number of benzene rings is 2. The molecule has 1 fully saturated rings. The molecule has 4 rings (SSSR count). The summed E-state index contributed by atoms with van der Waals surface area (Å²) in [6.07, 6.45) is -2.77. The molecule has 0 aliphatic carbocycles. The van der Waals surface area contributed by atoms with Gasteiger partial charge in [0.1, 0.15) is 47.0 Å². The third-order valence-corrected chi connectivity index (χ3v) is 11.2. The topological polar surface area (TPSA) is 165 Å². The highest BCUT2D eigenvalue weighted by molar-refractivity contribution is 8.00. The van der Waals surface area contributed by atoms with Crippen LogP contribution in [0.15, 0.2) is 65.6 Å². The zero-order chi connectivity index (χ0) is 40.9. The lowest BCUT2D eigenvalue weighted by Gasteiger charge is -2.28. The van der Waals surface area contributed by atoms with E-state index in [0.717, 1.165) is 22.4 Å². The van der Waals surface area contributed by atoms with Crippen LogP contribution in [-0.4, -0.2) is 63.0 Å². The predicted octanol–water partition coefficient (Wildman–Crippen LogP) is 8.23. The molecule has 2 aromatic carbocycles. The summed E-state index contributed by atoms with van der Waals surface area (Å²) in [7, 11) is -4.52. The van der Waals surface area contributed by atoms with E-state index in [0.29, 0.717) is 10.5 Å². The summed E-state index contributed by atoms with van der Waals surface area (Å²) in [5, 5.41) is 0.382. The van der Waals surface area contributed by atoms with Crippen molar-refractivity contribution in [3.8, 4) is 5.75 Å². The van der Waals surface area contributed by atoms with Gasteiger partial charge in [-0.25, -0.2) is 27.7 Å². The molecule has 1 aliphatic heterocycles. The molecule has 1 aliphatic rings. The van der Waals surface area contributed by atoms with Crippen molar-refractivity contribution in [3.05, 3.63) is 87.7 Å². The minimum atomic E-state index is -4.52. The molecule has 3 aromatic rings. The normalized spacial score (nSPS) is 20.2. The number of imide groups is 1. The number of hydrogen-bond donors (Lipinski definition) is 1. The Morgan fingerprint density at radius 1 is 1.04 bits per heavy atom. The van der Waals surface area contributed by atoms with E-state index in [2.05, 4.69) is 10.1 Å². The van der Waals surface area contributed by atoms with Crippen molar-refractivity contribution in [1.82, 2.24) is 14.6 Å². The Hall–Kier alpha value is -4.02. The van der Waals surface area contributed by atoms with Gasteiger partial charge in [0, 0.05) is 23.4 Å². The average molecular weight is 829 g/mol. The number of carbonyl (C=O) groups is 3. The molecule has 14 nitrogen and oxygen atoms in total. The molecular weight excluding hydrogens is 785 g/mol. The second kappa shape index (κ2) is 17.8. The van der Waals surface area contributed by atoms with E-state index in [-0.39, 0.29) is 17.4 Å². The van der Waals surface area contributed by atoms with Gasteiger partial charge < -0.3 is 18.7 Å². The predicted molar refractivity (Wildman–Crippen MR) is 202 cm³/mol. The Morgan fingerprint density at radius 3 is 2.22 bits per heavy atom. The van der Waals surface area contributed by atoms with Gasteiger partial charge in [0.25, 0.3) is 0 Å². The molecule has 0 spiro atoms. The highest BCUT2D eigenvalue weighted by Crippen LogP contribution is 2.51. The molecule has 2 heterocycles. The molecule has 19 heteroatoms.